The van der Waals surface area contributed by atoms with Crippen molar-refractivity contribution in [1.29, 1.82) is 0 Å². The summed E-state index contributed by atoms with van der Waals surface area (Å²) >= 11 is 6.67. The molecule has 20 heavy (non-hydrogen) atoms. The number of halogens is 1. The fraction of sp³-hybridized carbons (Fsp3) is 0.545. The van der Waals surface area contributed by atoms with Crippen LogP contribution in [0.1, 0.15) is 22.5 Å². The van der Waals surface area contributed by atoms with E-state index in [0.717, 1.165) is 24.2 Å². The molecule has 1 fully saturated rings. The van der Waals surface area contributed by atoms with Gasteiger partial charge in [-0.15, -0.1) is 11.3 Å². The highest BCUT2D eigenvalue weighted by Crippen LogP contribution is 2.30. The molecule has 6 nitrogen and oxygen atoms in total. The van der Waals surface area contributed by atoms with Crippen molar-refractivity contribution < 1.29 is 22.7 Å². The molecule has 0 unspecified atom stereocenters. The Morgan fingerprint density at radius 2 is 2.40 bits per heavy atom. The Bertz CT molecular complexity index is 592. The first-order valence-corrected chi connectivity index (χ1v) is 8.60. The lowest BCUT2D eigenvalue weighted by atomic mass is 10.2. The minimum absolute atomic E-state index is 0.0302. The highest BCUT2D eigenvalue weighted by molar-refractivity contribution is 7.89. The molecule has 1 aliphatic heterocycles. The zero-order valence-corrected chi connectivity index (χ0v) is 13.1. The van der Waals surface area contributed by atoms with Crippen LogP contribution in [0.5, 0.6) is 0 Å². The van der Waals surface area contributed by atoms with Gasteiger partial charge in [0.15, 0.2) is 0 Å². The number of nitrogens with one attached hydrogen (secondary N) is 1. The summed E-state index contributed by atoms with van der Waals surface area (Å²) in [5.74, 6) is -0.723. The van der Waals surface area contributed by atoms with Gasteiger partial charge in [0.05, 0.1) is 17.6 Å². The third kappa shape index (κ3) is 3.50. The van der Waals surface area contributed by atoms with Crippen molar-refractivity contribution in [3.8, 4) is 0 Å². The summed E-state index contributed by atoms with van der Waals surface area (Å²) in [7, 11) is -2.63. The molecule has 1 aromatic heterocycles. The molecule has 1 aliphatic rings. The molecular formula is C11H14ClNO5S2. The summed E-state index contributed by atoms with van der Waals surface area (Å²) in [6, 6.07) is 1.25. The van der Waals surface area contributed by atoms with Gasteiger partial charge in [-0.2, -0.15) is 0 Å². The number of sulfonamides is 1. The summed E-state index contributed by atoms with van der Waals surface area (Å²) in [5.41, 5.74) is 0. The fourth-order valence-electron chi connectivity index (χ4n) is 1.87. The van der Waals surface area contributed by atoms with Crippen LogP contribution in [0.15, 0.2) is 11.0 Å². The number of hydrogen-bond donors (Lipinski definition) is 1. The van der Waals surface area contributed by atoms with Crippen LogP contribution in [0.25, 0.3) is 0 Å². The Morgan fingerprint density at radius 1 is 1.65 bits per heavy atom. The van der Waals surface area contributed by atoms with Gasteiger partial charge in [0.1, 0.15) is 9.77 Å². The molecule has 9 heteroatoms. The van der Waals surface area contributed by atoms with E-state index >= 15 is 0 Å². The second kappa shape index (κ2) is 6.40. The van der Waals surface area contributed by atoms with Gasteiger partial charge in [0.25, 0.3) is 0 Å². The number of thiophene rings is 1. The van der Waals surface area contributed by atoms with Crippen molar-refractivity contribution in [3.05, 3.63) is 15.3 Å². The molecule has 2 heterocycles. The second-order valence-electron chi connectivity index (χ2n) is 4.22. The van der Waals surface area contributed by atoms with Crippen molar-refractivity contribution in [3.63, 3.8) is 0 Å². The van der Waals surface area contributed by atoms with Gasteiger partial charge in [-0.25, -0.2) is 17.9 Å². The summed E-state index contributed by atoms with van der Waals surface area (Å²) in [5, 5.41) is 0. The predicted molar refractivity (Wildman–Crippen MR) is 74.8 cm³/mol. The Kier molecular flexibility index (Phi) is 5.03. The lowest BCUT2D eigenvalue weighted by molar-refractivity contribution is 0.0602. The molecule has 0 bridgehead atoms. The lowest BCUT2D eigenvalue weighted by Crippen LogP contribution is -2.32. The van der Waals surface area contributed by atoms with E-state index in [1.54, 1.807) is 0 Å². The molecular weight excluding hydrogens is 326 g/mol. The van der Waals surface area contributed by atoms with Crippen molar-refractivity contribution in [2.45, 2.75) is 23.8 Å². The quantitative estimate of drug-likeness (QED) is 0.825. The van der Waals surface area contributed by atoms with Crippen molar-refractivity contribution in [1.82, 2.24) is 4.72 Å². The zero-order chi connectivity index (χ0) is 14.8. The number of esters is 1. The van der Waals surface area contributed by atoms with Gasteiger partial charge in [0, 0.05) is 13.2 Å². The van der Waals surface area contributed by atoms with E-state index in [9.17, 15) is 13.2 Å². The fourth-order valence-corrected chi connectivity index (χ4v) is 4.66. The molecule has 0 amide bonds. The molecule has 1 saturated heterocycles. The molecule has 112 valence electrons. The molecule has 0 aromatic carbocycles. The molecule has 1 N–H and O–H groups in total. The van der Waals surface area contributed by atoms with Gasteiger partial charge < -0.3 is 9.47 Å². The largest absolute Gasteiger partial charge is 0.465 e. The van der Waals surface area contributed by atoms with Gasteiger partial charge in [-0.3, -0.25) is 0 Å². The maximum Gasteiger partial charge on any atom is 0.349 e. The Balaban J connectivity index is 2.18. The average molecular weight is 340 g/mol. The first kappa shape index (κ1) is 15.7. The normalized spacial score (nSPS) is 19.2. The van der Waals surface area contributed by atoms with Crippen LogP contribution in [0.2, 0.25) is 4.34 Å². The summed E-state index contributed by atoms with van der Waals surface area (Å²) < 4.78 is 37.0. The maximum atomic E-state index is 12.2. The van der Waals surface area contributed by atoms with E-state index in [4.69, 9.17) is 16.3 Å². The highest BCUT2D eigenvalue weighted by Gasteiger charge is 2.27. The van der Waals surface area contributed by atoms with Crippen LogP contribution in [-0.2, 0) is 19.5 Å². The van der Waals surface area contributed by atoms with Crippen LogP contribution in [-0.4, -0.2) is 40.8 Å². The number of methoxy groups -OCH3 is 1. The second-order valence-corrected chi connectivity index (χ2v) is 7.64. The standard InChI is InChI=1S/C11H14ClNO5S2/c1-17-11(14)10-8(5-9(12)19-10)20(15,16)13-6-7-3-2-4-18-7/h5,7,13H,2-4,6H2,1H3/t7-/m0/s1. The number of rotatable bonds is 5. The van der Waals surface area contributed by atoms with Crippen molar-refractivity contribution >= 4 is 38.9 Å². The van der Waals surface area contributed by atoms with Crippen LogP contribution < -0.4 is 4.72 Å². The average Bonchev–Trinajstić information content (AvgIpc) is 3.04. The topological polar surface area (TPSA) is 81.7 Å². The van der Waals surface area contributed by atoms with Crippen molar-refractivity contribution in [2.75, 3.05) is 20.3 Å². The van der Waals surface area contributed by atoms with Crippen LogP contribution >= 0.6 is 22.9 Å². The molecule has 0 aliphatic carbocycles. The van der Waals surface area contributed by atoms with Gasteiger partial charge in [-0.05, 0) is 18.9 Å². The van der Waals surface area contributed by atoms with E-state index < -0.39 is 16.0 Å². The lowest BCUT2D eigenvalue weighted by Gasteiger charge is -2.11. The third-order valence-electron chi connectivity index (χ3n) is 2.85. The minimum Gasteiger partial charge on any atom is -0.465 e. The van der Waals surface area contributed by atoms with Gasteiger partial charge in [-0.1, -0.05) is 11.6 Å². The van der Waals surface area contributed by atoms with E-state index in [0.29, 0.717) is 6.61 Å². The van der Waals surface area contributed by atoms with E-state index in [-0.39, 0.29) is 26.8 Å². The van der Waals surface area contributed by atoms with Gasteiger partial charge >= 0.3 is 5.97 Å². The van der Waals surface area contributed by atoms with E-state index in [1.807, 2.05) is 0 Å². The summed E-state index contributed by atoms with van der Waals surface area (Å²) in [6.07, 6.45) is 1.61. The number of carbonyl (C=O) groups is 1. The van der Waals surface area contributed by atoms with E-state index in [1.165, 1.54) is 13.2 Å². The first-order chi connectivity index (χ1) is 9.44. The molecule has 0 saturated carbocycles. The van der Waals surface area contributed by atoms with E-state index in [2.05, 4.69) is 9.46 Å². The smallest absolute Gasteiger partial charge is 0.349 e. The highest BCUT2D eigenvalue weighted by atomic mass is 35.5. The Morgan fingerprint density at radius 3 is 3.00 bits per heavy atom. The third-order valence-corrected chi connectivity index (χ3v) is 5.67. The number of ether oxygens (including phenoxy) is 2. The first-order valence-electron chi connectivity index (χ1n) is 5.93. The SMILES string of the molecule is COC(=O)c1sc(Cl)cc1S(=O)(=O)NC[C@@H]1CCCO1. The maximum absolute atomic E-state index is 12.2. The van der Waals surface area contributed by atoms with Gasteiger partial charge in [0.2, 0.25) is 10.0 Å². The number of carbonyl (C=O) groups excluding carboxylic acids is 1. The minimum atomic E-state index is -3.82. The van der Waals surface area contributed by atoms with Crippen LogP contribution in [0.4, 0.5) is 0 Å². The predicted octanol–water partition coefficient (Wildman–Crippen LogP) is 1.65. The van der Waals surface area contributed by atoms with Crippen LogP contribution in [0, 0.1) is 0 Å². The van der Waals surface area contributed by atoms with Crippen LogP contribution in [0.3, 0.4) is 0 Å². The number of hydrogen-bond acceptors (Lipinski definition) is 6. The monoisotopic (exact) mass is 339 g/mol. The Labute approximate surface area is 126 Å². The summed E-state index contributed by atoms with van der Waals surface area (Å²) in [4.78, 5) is 11.4. The molecule has 1 aromatic rings. The summed E-state index contributed by atoms with van der Waals surface area (Å²) in [6.45, 7) is 0.820. The molecule has 1 atom stereocenters. The zero-order valence-electron chi connectivity index (χ0n) is 10.7. The molecule has 0 spiro atoms. The van der Waals surface area contributed by atoms with Crippen molar-refractivity contribution in [2.24, 2.45) is 0 Å². The Hall–Kier alpha value is -0.670. The molecule has 0 radical (unpaired) electrons. The molecule has 2 rings (SSSR count).